The summed E-state index contributed by atoms with van der Waals surface area (Å²) in [5.74, 6) is 2.27. The molecule has 17 heavy (non-hydrogen) atoms. The Hall–Kier alpha value is -1.47. The molecule has 0 fully saturated rings. The Balaban J connectivity index is 2.19. The number of hydrogen-bond acceptors (Lipinski definition) is 1. The van der Waals surface area contributed by atoms with E-state index in [1.807, 2.05) is 30.3 Å². The molecule has 2 rings (SSSR count). The summed E-state index contributed by atoms with van der Waals surface area (Å²) in [6, 6.07) is 14.0. The van der Waals surface area contributed by atoms with Gasteiger partial charge in [0.1, 0.15) is 11.5 Å². The fraction of sp³-hybridized carbons (Fsp3) is 0.200. The van der Waals surface area contributed by atoms with Crippen molar-refractivity contribution in [2.75, 3.05) is 0 Å². The van der Waals surface area contributed by atoms with Gasteiger partial charge in [-0.2, -0.15) is 0 Å². The molecule has 2 aromatic carbocycles. The van der Waals surface area contributed by atoms with E-state index in [0.717, 1.165) is 22.6 Å². The zero-order valence-corrected chi connectivity index (χ0v) is 10.8. The smallest absolute Gasteiger partial charge is 0.130 e. The predicted molar refractivity (Wildman–Crippen MR) is 72.0 cm³/mol. The zero-order chi connectivity index (χ0) is 12.3. The number of halogens is 1. The van der Waals surface area contributed by atoms with Crippen LogP contribution in [0.3, 0.4) is 0 Å². The molecule has 0 saturated heterocycles. The highest BCUT2D eigenvalue weighted by Gasteiger charge is 2.01. The highest BCUT2D eigenvalue weighted by molar-refractivity contribution is 6.17. The van der Waals surface area contributed by atoms with Gasteiger partial charge in [0.05, 0.1) is 0 Å². The largest absolute Gasteiger partial charge is 0.457 e. The normalized spacial score (nSPS) is 10.3. The van der Waals surface area contributed by atoms with Gasteiger partial charge in [0.2, 0.25) is 0 Å². The molecule has 0 bridgehead atoms. The molecule has 0 aromatic heterocycles. The Bertz CT molecular complexity index is 503. The average molecular weight is 247 g/mol. The minimum Gasteiger partial charge on any atom is -0.457 e. The lowest BCUT2D eigenvalue weighted by Crippen LogP contribution is -1.88. The lowest BCUT2D eigenvalue weighted by molar-refractivity contribution is 0.478. The minimum absolute atomic E-state index is 0.532. The van der Waals surface area contributed by atoms with E-state index in [9.17, 15) is 0 Å². The summed E-state index contributed by atoms with van der Waals surface area (Å²) < 4.78 is 5.82. The van der Waals surface area contributed by atoms with Gasteiger partial charge in [-0.1, -0.05) is 29.8 Å². The van der Waals surface area contributed by atoms with Crippen LogP contribution in [0.15, 0.2) is 42.5 Å². The Labute approximate surface area is 107 Å². The summed E-state index contributed by atoms with van der Waals surface area (Å²) in [6.07, 6.45) is 0. The molecule has 2 heteroatoms. The van der Waals surface area contributed by atoms with Crippen LogP contribution in [0.25, 0.3) is 0 Å². The first-order valence-corrected chi connectivity index (χ1v) is 6.12. The first-order valence-electron chi connectivity index (χ1n) is 5.59. The Morgan fingerprint density at radius 2 is 1.71 bits per heavy atom. The van der Waals surface area contributed by atoms with Gasteiger partial charge < -0.3 is 4.74 Å². The molecule has 0 aliphatic carbocycles. The van der Waals surface area contributed by atoms with Gasteiger partial charge >= 0.3 is 0 Å². The average Bonchev–Trinajstić information content (AvgIpc) is 2.34. The Morgan fingerprint density at radius 3 is 2.29 bits per heavy atom. The van der Waals surface area contributed by atoms with Crippen LogP contribution < -0.4 is 4.74 Å². The molecular formula is C15H15ClO. The molecule has 0 spiro atoms. The lowest BCUT2D eigenvalue weighted by atomic mass is 10.1. The van der Waals surface area contributed by atoms with E-state index in [1.165, 1.54) is 5.56 Å². The van der Waals surface area contributed by atoms with Gasteiger partial charge in [-0.3, -0.25) is 0 Å². The molecule has 1 nitrogen and oxygen atoms in total. The standard InChI is InChI=1S/C15H15ClO/c1-11-3-8-15(12(2)9-11)17-14-6-4-13(10-16)5-7-14/h3-9H,10H2,1-2H3. The number of rotatable bonds is 3. The van der Waals surface area contributed by atoms with Crippen molar-refractivity contribution in [2.24, 2.45) is 0 Å². The third kappa shape index (κ3) is 3.01. The van der Waals surface area contributed by atoms with Crippen LogP contribution in [0.4, 0.5) is 0 Å². The predicted octanol–water partition coefficient (Wildman–Crippen LogP) is 4.83. The van der Waals surface area contributed by atoms with E-state index >= 15 is 0 Å². The Kier molecular flexibility index (Phi) is 3.70. The molecule has 0 amide bonds. The van der Waals surface area contributed by atoms with Crippen molar-refractivity contribution >= 4 is 11.6 Å². The molecule has 0 atom stereocenters. The van der Waals surface area contributed by atoms with Crippen LogP contribution in [-0.2, 0) is 5.88 Å². The van der Waals surface area contributed by atoms with Crippen molar-refractivity contribution < 1.29 is 4.74 Å². The maximum atomic E-state index is 5.82. The highest BCUT2D eigenvalue weighted by Crippen LogP contribution is 2.25. The van der Waals surface area contributed by atoms with E-state index in [2.05, 4.69) is 26.0 Å². The topological polar surface area (TPSA) is 9.23 Å². The van der Waals surface area contributed by atoms with Crippen LogP contribution in [-0.4, -0.2) is 0 Å². The number of aryl methyl sites for hydroxylation is 2. The van der Waals surface area contributed by atoms with Gasteiger partial charge in [-0.05, 0) is 43.2 Å². The third-order valence-corrected chi connectivity index (χ3v) is 2.94. The monoisotopic (exact) mass is 246 g/mol. The lowest BCUT2D eigenvalue weighted by Gasteiger charge is -2.09. The number of alkyl halides is 1. The fourth-order valence-corrected chi connectivity index (χ4v) is 1.87. The van der Waals surface area contributed by atoms with Crippen LogP contribution in [0.5, 0.6) is 11.5 Å². The SMILES string of the molecule is Cc1ccc(Oc2ccc(CCl)cc2)c(C)c1. The minimum atomic E-state index is 0.532. The molecule has 0 unspecified atom stereocenters. The molecule has 2 aromatic rings. The summed E-state index contributed by atoms with van der Waals surface area (Å²) >= 11 is 5.74. The van der Waals surface area contributed by atoms with Crippen molar-refractivity contribution in [3.8, 4) is 11.5 Å². The van der Waals surface area contributed by atoms with Crippen molar-refractivity contribution in [2.45, 2.75) is 19.7 Å². The third-order valence-electron chi connectivity index (χ3n) is 2.64. The number of ether oxygens (including phenoxy) is 1. The van der Waals surface area contributed by atoms with Crippen LogP contribution in [0, 0.1) is 13.8 Å². The molecule has 0 aliphatic heterocycles. The highest BCUT2D eigenvalue weighted by atomic mass is 35.5. The molecule has 0 N–H and O–H groups in total. The second-order valence-corrected chi connectivity index (χ2v) is 4.42. The first kappa shape index (κ1) is 12.0. The van der Waals surface area contributed by atoms with Crippen molar-refractivity contribution in [3.63, 3.8) is 0 Å². The molecule has 0 radical (unpaired) electrons. The van der Waals surface area contributed by atoms with Gasteiger partial charge in [-0.25, -0.2) is 0 Å². The van der Waals surface area contributed by atoms with Crippen molar-refractivity contribution in [1.29, 1.82) is 0 Å². The summed E-state index contributed by atoms with van der Waals surface area (Å²) in [4.78, 5) is 0. The van der Waals surface area contributed by atoms with E-state index < -0.39 is 0 Å². The van der Waals surface area contributed by atoms with E-state index in [-0.39, 0.29) is 0 Å². The molecular weight excluding hydrogens is 232 g/mol. The number of benzene rings is 2. The van der Waals surface area contributed by atoms with Gasteiger partial charge in [0, 0.05) is 5.88 Å². The maximum absolute atomic E-state index is 5.82. The zero-order valence-electron chi connectivity index (χ0n) is 10.0. The molecule has 0 heterocycles. The van der Waals surface area contributed by atoms with E-state index in [4.69, 9.17) is 16.3 Å². The van der Waals surface area contributed by atoms with Crippen LogP contribution in [0.2, 0.25) is 0 Å². The summed E-state index contributed by atoms with van der Waals surface area (Å²) in [7, 11) is 0. The summed E-state index contributed by atoms with van der Waals surface area (Å²) in [5, 5.41) is 0. The van der Waals surface area contributed by atoms with E-state index in [1.54, 1.807) is 0 Å². The molecule has 0 aliphatic rings. The number of hydrogen-bond donors (Lipinski definition) is 0. The van der Waals surface area contributed by atoms with Gasteiger partial charge in [0.25, 0.3) is 0 Å². The van der Waals surface area contributed by atoms with E-state index in [0.29, 0.717) is 5.88 Å². The van der Waals surface area contributed by atoms with Gasteiger partial charge in [0.15, 0.2) is 0 Å². The maximum Gasteiger partial charge on any atom is 0.130 e. The molecule has 0 saturated carbocycles. The summed E-state index contributed by atoms with van der Waals surface area (Å²) in [6.45, 7) is 4.13. The van der Waals surface area contributed by atoms with Crippen LogP contribution in [0.1, 0.15) is 16.7 Å². The first-order chi connectivity index (χ1) is 8.19. The van der Waals surface area contributed by atoms with Crippen molar-refractivity contribution in [3.05, 3.63) is 59.2 Å². The van der Waals surface area contributed by atoms with Gasteiger partial charge in [-0.15, -0.1) is 11.6 Å². The van der Waals surface area contributed by atoms with Crippen LogP contribution >= 0.6 is 11.6 Å². The quantitative estimate of drug-likeness (QED) is 0.705. The molecule has 88 valence electrons. The summed E-state index contributed by atoms with van der Waals surface area (Å²) in [5.41, 5.74) is 3.48. The second kappa shape index (κ2) is 5.24. The van der Waals surface area contributed by atoms with Crippen molar-refractivity contribution in [1.82, 2.24) is 0 Å². The Morgan fingerprint density at radius 1 is 1.00 bits per heavy atom. The second-order valence-electron chi connectivity index (χ2n) is 4.15. The fourth-order valence-electron chi connectivity index (χ4n) is 1.69.